The van der Waals surface area contributed by atoms with Crippen LogP contribution in [-0.2, 0) is 0 Å². The standard InChI is InChI=1S/C15H20F2N6/c1-10-12(21-14-19-8-5-13(18-2)22-14)9-20-23(10)11-3-6-15(16,17)7-4-11/h5,8-9,11H,3-4,6-7H2,1-2H3,(H2,18,19,21,22). The van der Waals surface area contributed by atoms with Crippen molar-refractivity contribution in [1.82, 2.24) is 19.7 Å². The SMILES string of the molecule is CNc1ccnc(Nc2cnn(C3CCC(F)(F)CC3)c2C)n1. The molecule has 6 nitrogen and oxygen atoms in total. The average molecular weight is 322 g/mol. The van der Waals surface area contributed by atoms with Gasteiger partial charge in [0.2, 0.25) is 11.9 Å². The fourth-order valence-electron chi connectivity index (χ4n) is 2.86. The molecule has 1 aliphatic carbocycles. The minimum Gasteiger partial charge on any atom is -0.373 e. The van der Waals surface area contributed by atoms with Gasteiger partial charge in [-0.3, -0.25) is 4.68 Å². The van der Waals surface area contributed by atoms with Gasteiger partial charge >= 0.3 is 0 Å². The van der Waals surface area contributed by atoms with Gasteiger partial charge in [-0.25, -0.2) is 13.8 Å². The second-order valence-electron chi connectivity index (χ2n) is 5.82. The van der Waals surface area contributed by atoms with Gasteiger partial charge in [0.25, 0.3) is 0 Å². The van der Waals surface area contributed by atoms with Gasteiger partial charge in [0.15, 0.2) is 0 Å². The maximum atomic E-state index is 13.3. The Morgan fingerprint density at radius 1 is 1.30 bits per heavy atom. The van der Waals surface area contributed by atoms with Crippen molar-refractivity contribution in [1.29, 1.82) is 0 Å². The predicted octanol–water partition coefficient (Wildman–Crippen LogP) is 3.52. The van der Waals surface area contributed by atoms with Crippen LogP contribution in [0.2, 0.25) is 0 Å². The molecule has 8 heteroatoms. The molecule has 2 heterocycles. The number of alkyl halides is 2. The Labute approximate surface area is 133 Å². The summed E-state index contributed by atoms with van der Waals surface area (Å²) < 4.78 is 28.4. The number of rotatable bonds is 4. The molecule has 3 rings (SSSR count). The number of halogens is 2. The van der Waals surface area contributed by atoms with E-state index in [1.54, 1.807) is 25.5 Å². The molecule has 0 aliphatic heterocycles. The van der Waals surface area contributed by atoms with Crippen LogP contribution in [-0.4, -0.2) is 32.7 Å². The van der Waals surface area contributed by atoms with Gasteiger partial charge in [-0.05, 0) is 25.8 Å². The van der Waals surface area contributed by atoms with Gasteiger partial charge in [-0.2, -0.15) is 10.1 Å². The molecule has 0 aromatic carbocycles. The van der Waals surface area contributed by atoms with Gasteiger partial charge < -0.3 is 10.6 Å². The van der Waals surface area contributed by atoms with E-state index in [-0.39, 0.29) is 18.9 Å². The first kappa shape index (κ1) is 15.6. The summed E-state index contributed by atoms with van der Waals surface area (Å²) in [6.07, 6.45) is 4.09. The highest BCUT2D eigenvalue weighted by Gasteiger charge is 2.36. The molecular weight excluding hydrogens is 302 g/mol. The minimum absolute atomic E-state index is 0.0229. The van der Waals surface area contributed by atoms with Gasteiger partial charge in [0, 0.05) is 26.1 Å². The summed E-state index contributed by atoms with van der Waals surface area (Å²) in [5.74, 6) is -1.35. The number of aromatic nitrogens is 4. The van der Waals surface area contributed by atoms with Crippen molar-refractivity contribution in [2.45, 2.75) is 44.6 Å². The van der Waals surface area contributed by atoms with E-state index in [4.69, 9.17) is 0 Å². The molecule has 23 heavy (non-hydrogen) atoms. The first-order valence-electron chi connectivity index (χ1n) is 7.68. The molecular formula is C15H20F2N6. The molecule has 2 N–H and O–H groups in total. The highest BCUT2D eigenvalue weighted by molar-refractivity contribution is 5.56. The Morgan fingerprint density at radius 3 is 2.74 bits per heavy atom. The number of nitrogens with one attached hydrogen (secondary N) is 2. The summed E-state index contributed by atoms with van der Waals surface area (Å²) in [4.78, 5) is 8.47. The molecule has 0 atom stereocenters. The van der Waals surface area contributed by atoms with Gasteiger partial charge in [0.05, 0.1) is 23.6 Å². The van der Waals surface area contributed by atoms with Crippen molar-refractivity contribution < 1.29 is 8.78 Å². The van der Waals surface area contributed by atoms with E-state index in [1.807, 2.05) is 11.6 Å². The molecule has 2 aromatic rings. The first-order chi connectivity index (χ1) is 11.0. The fraction of sp³-hybridized carbons (Fsp3) is 0.533. The largest absolute Gasteiger partial charge is 0.373 e. The Hall–Kier alpha value is -2.25. The molecule has 2 aromatic heterocycles. The highest BCUT2D eigenvalue weighted by atomic mass is 19.3. The minimum atomic E-state index is -2.53. The number of anilines is 3. The van der Waals surface area contributed by atoms with Crippen LogP contribution in [0.25, 0.3) is 0 Å². The maximum Gasteiger partial charge on any atom is 0.248 e. The van der Waals surface area contributed by atoms with Crippen molar-refractivity contribution in [3.05, 3.63) is 24.2 Å². The number of hydrogen-bond donors (Lipinski definition) is 2. The second kappa shape index (κ2) is 6.10. The summed E-state index contributed by atoms with van der Waals surface area (Å²) in [7, 11) is 1.79. The van der Waals surface area contributed by atoms with Crippen LogP contribution in [0.3, 0.4) is 0 Å². The third kappa shape index (κ3) is 3.40. The monoisotopic (exact) mass is 322 g/mol. The Bertz CT molecular complexity index is 674. The van der Waals surface area contributed by atoms with Gasteiger partial charge in [0.1, 0.15) is 5.82 Å². The van der Waals surface area contributed by atoms with E-state index < -0.39 is 5.92 Å². The quantitative estimate of drug-likeness (QED) is 0.901. The van der Waals surface area contributed by atoms with Crippen LogP contribution in [0.15, 0.2) is 18.5 Å². The molecule has 0 spiro atoms. The second-order valence-corrected chi connectivity index (χ2v) is 5.82. The van der Waals surface area contributed by atoms with E-state index in [2.05, 4.69) is 25.7 Å². The zero-order valence-corrected chi connectivity index (χ0v) is 13.2. The van der Waals surface area contributed by atoms with Gasteiger partial charge in [-0.1, -0.05) is 0 Å². The van der Waals surface area contributed by atoms with E-state index >= 15 is 0 Å². The first-order valence-corrected chi connectivity index (χ1v) is 7.68. The number of hydrogen-bond acceptors (Lipinski definition) is 5. The Kier molecular flexibility index (Phi) is 4.14. The van der Waals surface area contributed by atoms with E-state index in [1.165, 1.54) is 0 Å². The molecule has 1 aliphatic rings. The highest BCUT2D eigenvalue weighted by Crippen LogP contribution is 2.39. The van der Waals surface area contributed by atoms with Crippen molar-refractivity contribution in [2.24, 2.45) is 0 Å². The molecule has 0 unspecified atom stereocenters. The van der Waals surface area contributed by atoms with E-state index in [9.17, 15) is 8.78 Å². The van der Waals surface area contributed by atoms with Crippen LogP contribution < -0.4 is 10.6 Å². The molecule has 0 bridgehead atoms. The van der Waals surface area contributed by atoms with E-state index in [0.717, 1.165) is 11.4 Å². The zero-order valence-electron chi connectivity index (χ0n) is 13.2. The van der Waals surface area contributed by atoms with Crippen LogP contribution in [0, 0.1) is 6.92 Å². The summed E-state index contributed by atoms with van der Waals surface area (Å²) in [6, 6.07) is 1.79. The fourth-order valence-corrected chi connectivity index (χ4v) is 2.86. The maximum absolute atomic E-state index is 13.3. The normalized spacial score (nSPS) is 17.9. The van der Waals surface area contributed by atoms with Crippen molar-refractivity contribution in [3.8, 4) is 0 Å². The summed E-state index contributed by atoms with van der Waals surface area (Å²) in [6.45, 7) is 1.92. The predicted molar refractivity (Wildman–Crippen MR) is 84.3 cm³/mol. The van der Waals surface area contributed by atoms with E-state index in [0.29, 0.717) is 24.6 Å². The lowest BCUT2D eigenvalue weighted by Gasteiger charge is -2.29. The third-order valence-corrected chi connectivity index (χ3v) is 4.24. The van der Waals surface area contributed by atoms with Crippen LogP contribution in [0.5, 0.6) is 0 Å². The smallest absolute Gasteiger partial charge is 0.248 e. The molecule has 124 valence electrons. The van der Waals surface area contributed by atoms with Crippen molar-refractivity contribution >= 4 is 17.5 Å². The lowest BCUT2D eigenvalue weighted by atomic mass is 9.92. The van der Waals surface area contributed by atoms with Crippen LogP contribution in [0.1, 0.15) is 37.4 Å². The Balaban J connectivity index is 1.74. The molecule has 1 fully saturated rings. The van der Waals surface area contributed by atoms with Gasteiger partial charge in [-0.15, -0.1) is 0 Å². The summed E-state index contributed by atoms with van der Waals surface area (Å²) >= 11 is 0. The van der Waals surface area contributed by atoms with Crippen LogP contribution >= 0.6 is 0 Å². The average Bonchev–Trinajstić information content (AvgIpc) is 2.89. The van der Waals surface area contributed by atoms with Crippen molar-refractivity contribution in [3.63, 3.8) is 0 Å². The summed E-state index contributed by atoms with van der Waals surface area (Å²) in [5, 5.41) is 10.4. The lowest BCUT2D eigenvalue weighted by molar-refractivity contribution is -0.0451. The Morgan fingerprint density at radius 2 is 2.04 bits per heavy atom. The molecule has 0 saturated heterocycles. The lowest BCUT2D eigenvalue weighted by Crippen LogP contribution is -2.27. The van der Waals surface area contributed by atoms with Crippen LogP contribution in [0.4, 0.5) is 26.2 Å². The molecule has 0 radical (unpaired) electrons. The van der Waals surface area contributed by atoms with Crippen molar-refractivity contribution in [2.75, 3.05) is 17.7 Å². The molecule has 1 saturated carbocycles. The number of nitrogens with zero attached hydrogens (tertiary/aromatic N) is 4. The third-order valence-electron chi connectivity index (χ3n) is 4.24. The topological polar surface area (TPSA) is 67.7 Å². The zero-order chi connectivity index (χ0) is 16.4. The summed E-state index contributed by atoms with van der Waals surface area (Å²) in [5.41, 5.74) is 1.69. The molecule has 0 amide bonds.